The minimum atomic E-state index is -0.737. The monoisotopic (exact) mass is 472 g/mol. The molecule has 2 aliphatic heterocycles. The number of amides is 1. The van der Waals surface area contributed by atoms with Crippen LogP contribution in [0.2, 0.25) is 0 Å². The predicted molar refractivity (Wildman–Crippen MR) is 124 cm³/mol. The summed E-state index contributed by atoms with van der Waals surface area (Å²) in [6.45, 7) is 4.90. The third-order valence-electron chi connectivity index (χ3n) is 6.15. The predicted octanol–water partition coefficient (Wildman–Crippen LogP) is 2.67. The number of dihydropyridines is 1. The van der Waals surface area contributed by atoms with E-state index in [0.29, 0.717) is 39.6 Å². The van der Waals surface area contributed by atoms with Crippen molar-refractivity contribution in [2.75, 3.05) is 41.0 Å². The van der Waals surface area contributed by atoms with Gasteiger partial charge in [-0.1, -0.05) is 6.07 Å². The number of hydrogen-bond acceptors (Lipinski definition) is 8. The molecule has 0 bridgehead atoms. The standard InChI is InChI=1S/C25H32N2O7/c1-15-21(24(29)32-4)23(22(16(2)26-15)25(30)33-5)17-9-10-18(19(13-17)31-3)34-14-20(28)27-11-7-6-8-12-27/h9-10,13,23,26H,6-8,11-12,14H2,1-5H3. The Hall–Kier alpha value is -3.49. The second-order valence-corrected chi connectivity index (χ2v) is 8.26. The maximum absolute atomic E-state index is 12.7. The molecule has 3 rings (SSSR count). The number of methoxy groups -OCH3 is 3. The van der Waals surface area contributed by atoms with Crippen molar-refractivity contribution < 1.29 is 33.3 Å². The first kappa shape index (κ1) is 25.1. The maximum atomic E-state index is 12.7. The van der Waals surface area contributed by atoms with Gasteiger partial charge in [-0.2, -0.15) is 0 Å². The lowest BCUT2D eigenvalue weighted by Crippen LogP contribution is -2.38. The van der Waals surface area contributed by atoms with Gasteiger partial charge in [-0.05, 0) is 50.8 Å². The van der Waals surface area contributed by atoms with Gasteiger partial charge in [0, 0.05) is 24.5 Å². The molecule has 0 spiro atoms. The molecule has 9 heteroatoms. The summed E-state index contributed by atoms with van der Waals surface area (Å²) in [4.78, 5) is 39.7. The topological polar surface area (TPSA) is 103 Å². The average Bonchev–Trinajstić information content (AvgIpc) is 2.86. The molecule has 1 amide bonds. The molecule has 9 nitrogen and oxygen atoms in total. The second kappa shape index (κ2) is 11.1. The Kier molecular flexibility index (Phi) is 8.20. The Morgan fingerprint density at radius 3 is 2.03 bits per heavy atom. The summed E-state index contributed by atoms with van der Waals surface area (Å²) in [6, 6.07) is 5.11. The number of likely N-dealkylation sites (tertiary alicyclic amines) is 1. The molecule has 0 aromatic heterocycles. The van der Waals surface area contributed by atoms with Crippen LogP contribution in [0.4, 0.5) is 0 Å². The fourth-order valence-electron chi connectivity index (χ4n) is 4.45. The lowest BCUT2D eigenvalue weighted by molar-refractivity contribution is -0.137. The van der Waals surface area contributed by atoms with Crippen LogP contribution >= 0.6 is 0 Å². The summed E-state index contributed by atoms with van der Waals surface area (Å²) in [5.74, 6) is -1.15. The number of carbonyl (C=O) groups is 3. The summed E-state index contributed by atoms with van der Waals surface area (Å²) in [5, 5.41) is 3.07. The Morgan fingerprint density at radius 1 is 0.912 bits per heavy atom. The van der Waals surface area contributed by atoms with Gasteiger partial charge in [-0.15, -0.1) is 0 Å². The highest BCUT2D eigenvalue weighted by Gasteiger charge is 2.38. The molecule has 0 unspecified atom stereocenters. The van der Waals surface area contributed by atoms with Crippen LogP contribution in [0.5, 0.6) is 11.5 Å². The minimum absolute atomic E-state index is 0.0674. The largest absolute Gasteiger partial charge is 0.493 e. The first-order valence-electron chi connectivity index (χ1n) is 11.3. The molecule has 1 aromatic carbocycles. The van der Waals surface area contributed by atoms with Crippen LogP contribution in [-0.4, -0.2) is 63.8 Å². The number of nitrogens with one attached hydrogen (secondary N) is 1. The smallest absolute Gasteiger partial charge is 0.336 e. The van der Waals surface area contributed by atoms with Crippen LogP contribution in [0.1, 0.15) is 44.6 Å². The maximum Gasteiger partial charge on any atom is 0.336 e. The molecule has 34 heavy (non-hydrogen) atoms. The van der Waals surface area contributed by atoms with Gasteiger partial charge in [0.05, 0.1) is 38.4 Å². The van der Waals surface area contributed by atoms with E-state index in [1.807, 2.05) is 4.90 Å². The van der Waals surface area contributed by atoms with Crippen LogP contribution in [0, 0.1) is 0 Å². The van der Waals surface area contributed by atoms with E-state index in [-0.39, 0.29) is 12.5 Å². The first-order valence-corrected chi connectivity index (χ1v) is 11.3. The number of benzene rings is 1. The summed E-state index contributed by atoms with van der Waals surface area (Å²) in [7, 11) is 4.07. The molecule has 2 aliphatic rings. The van der Waals surface area contributed by atoms with Crippen molar-refractivity contribution >= 4 is 17.8 Å². The van der Waals surface area contributed by atoms with Crippen LogP contribution in [0.25, 0.3) is 0 Å². The fraction of sp³-hybridized carbons (Fsp3) is 0.480. The van der Waals surface area contributed by atoms with Gasteiger partial charge < -0.3 is 29.2 Å². The molecule has 1 saturated heterocycles. The van der Waals surface area contributed by atoms with Crippen LogP contribution in [-0.2, 0) is 23.9 Å². The molecule has 0 saturated carbocycles. The lowest BCUT2D eigenvalue weighted by atomic mass is 9.80. The molecule has 0 aliphatic carbocycles. The number of esters is 2. The number of hydrogen-bond donors (Lipinski definition) is 1. The Morgan fingerprint density at radius 2 is 1.50 bits per heavy atom. The number of rotatable bonds is 7. The SMILES string of the molecule is COC(=O)C1=C(C)NC(C)=C(C(=O)OC)C1c1ccc(OCC(=O)N2CCCCC2)c(OC)c1. The highest BCUT2D eigenvalue weighted by atomic mass is 16.5. The van der Waals surface area contributed by atoms with E-state index >= 15 is 0 Å². The molecule has 0 atom stereocenters. The van der Waals surface area contributed by atoms with Gasteiger partial charge in [-0.25, -0.2) is 9.59 Å². The normalized spacial score (nSPS) is 16.7. The lowest BCUT2D eigenvalue weighted by Gasteiger charge is -2.30. The molecular weight excluding hydrogens is 440 g/mol. The fourth-order valence-corrected chi connectivity index (χ4v) is 4.45. The van der Waals surface area contributed by atoms with Crippen molar-refractivity contribution in [3.63, 3.8) is 0 Å². The minimum Gasteiger partial charge on any atom is -0.493 e. The average molecular weight is 473 g/mol. The molecule has 1 aromatic rings. The summed E-state index contributed by atoms with van der Waals surface area (Å²) in [6.07, 6.45) is 3.15. The zero-order valence-electron chi connectivity index (χ0n) is 20.4. The number of allylic oxidation sites excluding steroid dienone is 2. The van der Waals surface area contributed by atoms with E-state index in [2.05, 4.69) is 5.32 Å². The van der Waals surface area contributed by atoms with Gasteiger partial charge in [0.15, 0.2) is 18.1 Å². The zero-order valence-corrected chi connectivity index (χ0v) is 20.4. The summed E-state index contributed by atoms with van der Waals surface area (Å²) < 4.78 is 21.3. The number of piperidine rings is 1. The molecule has 1 N–H and O–H groups in total. The van der Waals surface area contributed by atoms with Gasteiger partial charge in [0.25, 0.3) is 5.91 Å². The van der Waals surface area contributed by atoms with E-state index < -0.39 is 17.9 Å². The van der Waals surface area contributed by atoms with Gasteiger partial charge >= 0.3 is 11.9 Å². The quantitative estimate of drug-likeness (QED) is 0.604. The van der Waals surface area contributed by atoms with Crippen molar-refractivity contribution in [3.8, 4) is 11.5 Å². The molecule has 184 valence electrons. The summed E-state index contributed by atoms with van der Waals surface area (Å²) in [5.41, 5.74) is 2.36. The van der Waals surface area contributed by atoms with Crippen LogP contribution < -0.4 is 14.8 Å². The van der Waals surface area contributed by atoms with Crippen molar-refractivity contribution in [1.82, 2.24) is 10.2 Å². The van der Waals surface area contributed by atoms with Gasteiger partial charge in [0.1, 0.15) is 0 Å². The van der Waals surface area contributed by atoms with E-state index in [1.165, 1.54) is 21.3 Å². The Labute approximate surface area is 199 Å². The number of nitrogens with zero attached hydrogens (tertiary/aromatic N) is 1. The van der Waals surface area contributed by atoms with Crippen molar-refractivity contribution in [3.05, 3.63) is 46.3 Å². The second-order valence-electron chi connectivity index (χ2n) is 8.26. The Balaban J connectivity index is 1.94. The third kappa shape index (κ3) is 5.18. The van der Waals surface area contributed by atoms with Crippen molar-refractivity contribution in [1.29, 1.82) is 0 Å². The van der Waals surface area contributed by atoms with Crippen LogP contribution in [0.15, 0.2) is 40.7 Å². The zero-order chi connectivity index (χ0) is 24.8. The summed E-state index contributed by atoms with van der Waals surface area (Å²) >= 11 is 0. The molecule has 2 heterocycles. The van der Waals surface area contributed by atoms with Crippen molar-refractivity contribution in [2.45, 2.75) is 39.0 Å². The number of carbonyl (C=O) groups excluding carboxylic acids is 3. The van der Waals surface area contributed by atoms with E-state index in [4.69, 9.17) is 18.9 Å². The van der Waals surface area contributed by atoms with Gasteiger partial charge in [-0.3, -0.25) is 4.79 Å². The van der Waals surface area contributed by atoms with E-state index in [1.54, 1.807) is 32.0 Å². The molecular formula is C25H32N2O7. The highest BCUT2D eigenvalue weighted by molar-refractivity contribution is 5.99. The molecule has 1 fully saturated rings. The molecule has 0 radical (unpaired) electrons. The number of ether oxygens (including phenoxy) is 4. The van der Waals surface area contributed by atoms with E-state index in [0.717, 1.165) is 32.4 Å². The van der Waals surface area contributed by atoms with E-state index in [9.17, 15) is 14.4 Å². The third-order valence-corrected chi connectivity index (χ3v) is 6.15. The first-order chi connectivity index (χ1) is 16.3. The van der Waals surface area contributed by atoms with Crippen molar-refractivity contribution in [2.24, 2.45) is 0 Å². The van der Waals surface area contributed by atoms with Crippen LogP contribution in [0.3, 0.4) is 0 Å². The Bertz CT molecular complexity index is 984. The highest BCUT2D eigenvalue weighted by Crippen LogP contribution is 2.41. The van der Waals surface area contributed by atoms with Gasteiger partial charge in [0.2, 0.25) is 0 Å².